The Balaban J connectivity index is 1.67. The van der Waals surface area contributed by atoms with E-state index in [1.807, 2.05) is 48.8 Å². The molecule has 3 heterocycles. The molecular formula is C25H13N3O2. The van der Waals surface area contributed by atoms with Crippen LogP contribution >= 0.6 is 0 Å². The highest BCUT2D eigenvalue weighted by Crippen LogP contribution is 2.36. The van der Waals surface area contributed by atoms with Crippen molar-refractivity contribution in [3.05, 3.63) is 83.5 Å². The van der Waals surface area contributed by atoms with Crippen LogP contribution in [0.4, 0.5) is 0 Å². The summed E-state index contributed by atoms with van der Waals surface area (Å²) in [4.78, 5) is 23.0. The number of pyridine rings is 1. The second-order valence-electron chi connectivity index (χ2n) is 7.56. The first-order chi connectivity index (χ1) is 14.8. The van der Waals surface area contributed by atoms with E-state index in [-0.39, 0.29) is 5.69 Å². The zero-order chi connectivity index (χ0) is 19.8. The number of aromatic amines is 1. The fraction of sp³-hybridized carbons (Fsp3) is 0. The Hall–Kier alpha value is -4.25. The number of hydrogen-bond donors (Lipinski definition) is 1. The van der Waals surface area contributed by atoms with Gasteiger partial charge in [0.1, 0.15) is 16.7 Å². The molecule has 30 heavy (non-hydrogen) atoms. The van der Waals surface area contributed by atoms with E-state index >= 15 is 0 Å². The van der Waals surface area contributed by atoms with Gasteiger partial charge in [-0.2, -0.15) is 4.98 Å². The Morgan fingerprint density at radius 1 is 0.700 bits per heavy atom. The van der Waals surface area contributed by atoms with E-state index in [4.69, 9.17) is 4.42 Å². The monoisotopic (exact) mass is 387 g/mol. The fourth-order valence-electron chi connectivity index (χ4n) is 4.58. The Kier molecular flexibility index (Phi) is 2.83. The van der Waals surface area contributed by atoms with Crippen molar-refractivity contribution in [2.75, 3.05) is 0 Å². The third-order valence-corrected chi connectivity index (χ3v) is 5.96. The van der Waals surface area contributed by atoms with E-state index in [0.29, 0.717) is 5.52 Å². The lowest BCUT2D eigenvalue weighted by atomic mass is 9.98. The van der Waals surface area contributed by atoms with Gasteiger partial charge in [0.25, 0.3) is 0 Å². The number of benzene rings is 4. The third-order valence-electron chi connectivity index (χ3n) is 5.96. The van der Waals surface area contributed by atoms with Gasteiger partial charge < -0.3 is 9.40 Å². The number of nitrogens with one attached hydrogen (secondary N) is 1. The number of imidazole rings is 1. The minimum Gasteiger partial charge on any atom is -0.456 e. The quantitative estimate of drug-likeness (QED) is 0.269. The highest BCUT2D eigenvalue weighted by molar-refractivity contribution is 6.20. The molecule has 1 N–H and O–H groups in total. The molecule has 0 spiro atoms. The molecule has 0 atom stereocenters. The van der Waals surface area contributed by atoms with Crippen LogP contribution in [0.25, 0.3) is 65.3 Å². The lowest BCUT2D eigenvalue weighted by molar-refractivity contribution is 0.662. The topological polar surface area (TPSA) is 71.8 Å². The van der Waals surface area contributed by atoms with E-state index in [1.54, 1.807) is 0 Å². The van der Waals surface area contributed by atoms with Crippen LogP contribution in [-0.4, -0.2) is 15.0 Å². The first-order valence-corrected chi connectivity index (χ1v) is 9.71. The van der Waals surface area contributed by atoms with E-state index in [0.717, 1.165) is 59.8 Å². The van der Waals surface area contributed by atoms with Crippen molar-refractivity contribution in [3.63, 3.8) is 0 Å². The molecule has 0 bridgehead atoms. The summed E-state index contributed by atoms with van der Waals surface area (Å²) in [6.45, 7) is 0. The highest BCUT2D eigenvalue weighted by Gasteiger charge is 2.12. The molecule has 7 rings (SSSR count). The summed E-state index contributed by atoms with van der Waals surface area (Å²) in [5, 5.41) is 8.54. The zero-order valence-corrected chi connectivity index (χ0v) is 15.6. The molecule has 0 unspecified atom stereocenters. The van der Waals surface area contributed by atoms with Crippen LogP contribution in [0.2, 0.25) is 0 Å². The predicted molar refractivity (Wildman–Crippen MR) is 120 cm³/mol. The van der Waals surface area contributed by atoms with Crippen LogP contribution in [0.1, 0.15) is 0 Å². The van der Waals surface area contributed by atoms with E-state index in [1.165, 1.54) is 0 Å². The van der Waals surface area contributed by atoms with Gasteiger partial charge in [-0.1, -0.05) is 18.2 Å². The molecule has 4 aromatic carbocycles. The van der Waals surface area contributed by atoms with Crippen LogP contribution in [0.5, 0.6) is 0 Å². The number of rotatable bonds is 0. The van der Waals surface area contributed by atoms with Gasteiger partial charge in [-0.25, -0.2) is 4.79 Å². The van der Waals surface area contributed by atoms with Gasteiger partial charge in [-0.3, -0.25) is 4.98 Å². The van der Waals surface area contributed by atoms with Crippen LogP contribution in [0.3, 0.4) is 0 Å². The molecule has 0 saturated carbocycles. The molecule has 0 aliphatic rings. The largest absolute Gasteiger partial charge is 0.456 e. The fourth-order valence-corrected chi connectivity index (χ4v) is 4.58. The summed E-state index contributed by atoms with van der Waals surface area (Å²) in [5.74, 6) is 0. The first-order valence-electron chi connectivity index (χ1n) is 9.71. The summed E-state index contributed by atoms with van der Waals surface area (Å²) in [5.41, 5.74) is 2.74. The Bertz CT molecular complexity index is 1880. The second-order valence-corrected chi connectivity index (χ2v) is 7.56. The minimum atomic E-state index is -0.327. The van der Waals surface area contributed by atoms with Gasteiger partial charge in [0.15, 0.2) is 0 Å². The predicted octanol–water partition coefficient (Wildman–Crippen LogP) is 5.68. The summed E-state index contributed by atoms with van der Waals surface area (Å²) in [6, 6.07) is 20.4. The van der Waals surface area contributed by atoms with Crippen molar-refractivity contribution in [3.8, 4) is 0 Å². The summed E-state index contributed by atoms with van der Waals surface area (Å²) >= 11 is 0. The van der Waals surface area contributed by atoms with E-state index in [9.17, 15) is 4.79 Å². The molecule has 3 aromatic heterocycles. The normalized spacial score (nSPS) is 12.1. The number of H-pyrrole nitrogens is 1. The van der Waals surface area contributed by atoms with Crippen molar-refractivity contribution >= 4 is 65.3 Å². The van der Waals surface area contributed by atoms with Crippen molar-refractivity contribution in [1.82, 2.24) is 15.0 Å². The lowest BCUT2D eigenvalue weighted by Gasteiger charge is -2.10. The molecule has 0 aliphatic carbocycles. The molecule has 7 aromatic rings. The van der Waals surface area contributed by atoms with Crippen molar-refractivity contribution < 1.29 is 4.42 Å². The highest BCUT2D eigenvalue weighted by atomic mass is 16.3. The first kappa shape index (κ1) is 15.6. The van der Waals surface area contributed by atoms with Crippen molar-refractivity contribution in [1.29, 1.82) is 0 Å². The third kappa shape index (κ3) is 1.98. The Morgan fingerprint density at radius 2 is 1.40 bits per heavy atom. The van der Waals surface area contributed by atoms with E-state index in [2.05, 4.69) is 39.2 Å². The summed E-state index contributed by atoms with van der Waals surface area (Å²) in [7, 11) is 0. The molecule has 140 valence electrons. The number of hydrogen-bond acceptors (Lipinski definition) is 4. The number of fused-ring (bicyclic) bond motifs is 10. The lowest BCUT2D eigenvalue weighted by Crippen LogP contribution is -1.99. The van der Waals surface area contributed by atoms with E-state index < -0.39 is 0 Å². The Morgan fingerprint density at radius 3 is 2.27 bits per heavy atom. The Labute approximate surface area is 168 Å². The standard InChI is InChI=1S/C25H13N3O2/c29-25-27-21-6-3-16-17(24(21)28-25)5-8-23-19(16)11-18-14-2-1-13-9-10-26-12-20(13)15(14)4-7-22(18)30-23/h1-12H,(H,27,29). The minimum absolute atomic E-state index is 0.327. The maximum absolute atomic E-state index is 11.7. The van der Waals surface area contributed by atoms with Crippen LogP contribution < -0.4 is 5.69 Å². The molecule has 0 saturated heterocycles. The SMILES string of the molecule is O=c1nc2c(ccc3c4cc5c(ccc6c7cnccc7ccc56)oc4ccc32)[nH]1. The van der Waals surface area contributed by atoms with Gasteiger partial charge in [0.05, 0.1) is 5.52 Å². The molecular weight excluding hydrogens is 374 g/mol. The zero-order valence-electron chi connectivity index (χ0n) is 15.6. The van der Waals surface area contributed by atoms with Crippen LogP contribution in [0.15, 0.2) is 82.3 Å². The molecule has 0 amide bonds. The maximum Gasteiger partial charge on any atom is 0.346 e. The molecule has 5 heteroatoms. The second kappa shape index (κ2) is 5.42. The van der Waals surface area contributed by atoms with Gasteiger partial charge in [0, 0.05) is 33.9 Å². The van der Waals surface area contributed by atoms with Crippen LogP contribution in [-0.2, 0) is 0 Å². The summed E-state index contributed by atoms with van der Waals surface area (Å²) < 4.78 is 6.29. The maximum atomic E-state index is 11.7. The molecule has 0 radical (unpaired) electrons. The van der Waals surface area contributed by atoms with Crippen LogP contribution in [0, 0.1) is 0 Å². The van der Waals surface area contributed by atoms with Gasteiger partial charge in [-0.05, 0) is 64.0 Å². The molecule has 0 fully saturated rings. The van der Waals surface area contributed by atoms with Crippen molar-refractivity contribution in [2.24, 2.45) is 0 Å². The van der Waals surface area contributed by atoms with Crippen molar-refractivity contribution in [2.45, 2.75) is 0 Å². The smallest absolute Gasteiger partial charge is 0.346 e. The number of nitrogens with zero attached hydrogens (tertiary/aromatic N) is 2. The molecule has 5 nitrogen and oxygen atoms in total. The van der Waals surface area contributed by atoms with Gasteiger partial charge in [-0.15, -0.1) is 0 Å². The molecule has 0 aliphatic heterocycles. The average Bonchev–Trinajstić information content (AvgIpc) is 3.17. The average molecular weight is 387 g/mol. The summed E-state index contributed by atoms with van der Waals surface area (Å²) in [6.07, 6.45) is 3.72. The van der Waals surface area contributed by atoms with Gasteiger partial charge >= 0.3 is 5.69 Å². The van der Waals surface area contributed by atoms with Gasteiger partial charge in [0.2, 0.25) is 0 Å². The number of aromatic nitrogens is 3.